The van der Waals surface area contributed by atoms with Crippen molar-refractivity contribution in [3.05, 3.63) is 35.6 Å². The van der Waals surface area contributed by atoms with Gasteiger partial charge >= 0.3 is 0 Å². The molecule has 0 radical (unpaired) electrons. The molecule has 1 heterocycles. The van der Waals surface area contributed by atoms with E-state index in [1.165, 1.54) is 18.4 Å². The largest absolute Gasteiger partial charge is 0.317 e. The van der Waals surface area contributed by atoms with Gasteiger partial charge < -0.3 is 5.32 Å². The van der Waals surface area contributed by atoms with Gasteiger partial charge in [-0.25, -0.2) is 4.39 Å². The van der Waals surface area contributed by atoms with Gasteiger partial charge in [0.25, 0.3) is 0 Å². The highest BCUT2D eigenvalue weighted by molar-refractivity contribution is 5.19. The van der Waals surface area contributed by atoms with E-state index in [0.29, 0.717) is 6.04 Å². The Hall–Kier alpha value is -0.930. The van der Waals surface area contributed by atoms with Crippen molar-refractivity contribution >= 4 is 0 Å². The highest BCUT2D eigenvalue weighted by atomic mass is 19.1. The summed E-state index contributed by atoms with van der Waals surface area (Å²) in [4.78, 5) is 2.56. The molecular formula is C17H27FN2. The van der Waals surface area contributed by atoms with Crippen molar-refractivity contribution in [3.63, 3.8) is 0 Å². The summed E-state index contributed by atoms with van der Waals surface area (Å²) >= 11 is 0. The summed E-state index contributed by atoms with van der Waals surface area (Å²) in [6.45, 7) is 9.04. The van der Waals surface area contributed by atoms with Crippen LogP contribution in [0.2, 0.25) is 0 Å². The van der Waals surface area contributed by atoms with Crippen molar-refractivity contribution in [2.75, 3.05) is 26.2 Å². The van der Waals surface area contributed by atoms with Crippen LogP contribution in [0.25, 0.3) is 0 Å². The van der Waals surface area contributed by atoms with E-state index >= 15 is 0 Å². The first kappa shape index (κ1) is 15.5. The predicted molar refractivity (Wildman–Crippen MR) is 82.3 cm³/mol. The first-order valence-electron chi connectivity index (χ1n) is 7.91. The van der Waals surface area contributed by atoms with Gasteiger partial charge in [0.2, 0.25) is 0 Å². The average molecular weight is 278 g/mol. The molecule has 1 aromatic rings. The minimum Gasteiger partial charge on any atom is -0.317 e. The summed E-state index contributed by atoms with van der Waals surface area (Å²) in [7, 11) is 0. The first-order valence-corrected chi connectivity index (χ1v) is 7.91. The quantitative estimate of drug-likeness (QED) is 0.855. The molecule has 2 rings (SSSR count). The third-order valence-corrected chi connectivity index (χ3v) is 4.36. The van der Waals surface area contributed by atoms with Gasteiger partial charge in [-0.2, -0.15) is 0 Å². The van der Waals surface area contributed by atoms with E-state index < -0.39 is 0 Å². The maximum absolute atomic E-state index is 13.1. The number of nitrogens with zero attached hydrogens (tertiary/aromatic N) is 1. The van der Waals surface area contributed by atoms with Crippen LogP contribution in [0.1, 0.15) is 44.7 Å². The standard InChI is InChI=1S/C17H27FN2/c1-3-12-20(13-15-8-10-19-11-9-15)14(2)16-4-6-17(18)7-5-16/h4-7,14-15,19H,3,8-13H2,1-2H3. The van der Waals surface area contributed by atoms with Crippen LogP contribution in [-0.2, 0) is 0 Å². The SMILES string of the molecule is CCCN(CC1CCNCC1)C(C)c1ccc(F)cc1. The maximum atomic E-state index is 13.1. The van der Waals surface area contributed by atoms with Crippen LogP contribution < -0.4 is 5.32 Å². The molecule has 0 saturated carbocycles. The fourth-order valence-corrected chi connectivity index (χ4v) is 3.08. The van der Waals surface area contributed by atoms with Gasteiger partial charge in [-0.3, -0.25) is 4.90 Å². The lowest BCUT2D eigenvalue weighted by molar-refractivity contribution is 0.161. The molecule has 1 atom stereocenters. The normalized spacial score (nSPS) is 18.4. The molecule has 1 aromatic carbocycles. The summed E-state index contributed by atoms with van der Waals surface area (Å²) in [5, 5.41) is 3.43. The van der Waals surface area contributed by atoms with Crippen LogP contribution >= 0.6 is 0 Å². The lowest BCUT2D eigenvalue weighted by atomic mass is 9.96. The highest BCUT2D eigenvalue weighted by Crippen LogP contribution is 2.24. The summed E-state index contributed by atoms with van der Waals surface area (Å²) in [5.74, 6) is 0.645. The van der Waals surface area contributed by atoms with Gasteiger partial charge in [0.1, 0.15) is 5.82 Å². The third-order valence-electron chi connectivity index (χ3n) is 4.36. The maximum Gasteiger partial charge on any atom is 0.123 e. The monoisotopic (exact) mass is 278 g/mol. The second kappa shape index (κ2) is 7.75. The zero-order valence-corrected chi connectivity index (χ0v) is 12.7. The first-order chi connectivity index (χ1) is 9.70. The molecule has 3 heteroatoms. The fourth-order valence-electron chi connectivity index (χ4n) is 3.08. The van der Waals surface area contributed by atoms with Crippen LogP contribution in [0, 0.1) is 11.7 Å². The summed E-state index contributed by atoms with van der Waals surface area (Å²) in [5.41, 5.74) is 1.22. The lowest BCUT2D eigenvalue weighted by Gasteiger charge is -2.34. The van der Waals surface area contributed by atoms with Crippen LogP contribution in [0.3, 0.4) is 0 Å². The molecular weight excluding hydrogens is 251 g/mol. The van der Waals surface area contributed by atoms with E-state index in [4.69, 9.17) is 0 Å². The van der Waals surface area contributed by atoms with Crippen molar-refractivity contribution in [2.45, 2.75) is 39.2 Å². The van der Waals surface area contributed by atoms with Crippen molar-refractivity contribution in [3.8, 4) is 0 Å². The predicted octanol–water partition coefficient (Wildman–Crippen LogP) is 3.60. The molecule has 1 aliphatic rings. The van der Waals surface area contributed by atoms with E-state index in [1.54, 1.807) is 12.1 Å². The lowest BCUT2D eigenvalue weighted by Crippen LogP contribution is -2.37. The second-order valence-electron chi connectivity index (χ2n) is 5.92. The molecule has 0 amide bonds. The molecule has 112 valence electrons. The Balaban J connectivity index is 2.00. The number of nitrogens with one attached hydrogen (secondary N) is 1. The van der Waals surface area contributed by atoms with Crippen LogP contribution in [-0.4, -0.2) is 31.1 Å². The van der Waals surface area contributed by atoms with Gasteiger partial charge in [0.15, 0.2) is 0 Å². The molecule has 0 spiro atoms. The smallest absolute Gasteiger partial charge is 0.123 e. The molecule has 1 unspecified atom stereocenters. The number of hydrogen-bond acceptors (Lipinski definition) is 2. The molecule has 1 aliphatic heterocycles. The number of piperidine rings is 1. The van der Waals surface area contributed by atoms with E-state index in [2.05, 4.69) is 24.1 Å². The van der Waals surface area contributed by atoms with E-state index in [9.17, 15) is 4.39 Å². The van der Waals surface area contributed by atoms with Crippen LogP contribution in [0.15, 0.2) is 24.3 Å². The van der Waals surface area contributed by atoms with Gasteiger partial charge in [0.05, 0.1) is 0 Å². The van der Waals surface area contributed by atoms with Crippen molar-refractivity contribution in [2.24, 2.45) is 5.92 Å². The molecule has 1 fully saturated rings. The third kappa shape index (κ3) is 4.29. The minimum atomic E-state index is -0.152. The summed E-state index contributed by atoms with van der Waals surface area (Å²) in [6.07, 6.45) is 3.71. The molecule has 1 N–H and O–H groups in total. The molecule has 0 aromatic heterocycles. The Morgan fingerprint density at radius 2 is 1.90 bits per heavy atom. The molecule has 20 heavy (non-hydrogen) atoms. The van der Waals surface area contributed by atoms with Gasteiger partial charge in [0, 0.05) is 12.6 Å². The second-order valence-corrected chi connectivity index (χ2v) is 5.92. The number of halogens is 1. The zero-order chi connectivity index (χ0) is 14.4. The minimum absolute atomic E-state index is 0.152. The van der Waals surface area contributed by atoms with Crippen LogP contribution in [0.4, 0.5) is 4.39 Å². The summed E-state index contributed by atoms with van der Waals surface area (Å²) < 4.78 is 13.1. The molecule has 0 bridgehead atoms. The van der Waals surface area contributed by atoms with Gasteiger partial charge in [-0.05, 0) is 69.4 Å². The van der Waals surface area contributed by atoms with Gasteiger partial charge in [-0.1, -0.05) is 19.1 Å². The van der Waals surface area contributed by atoms with E-state index in [1.807, 2.05) is 12.1 Å². The topological polar surface area (TPSA) is 15.3 Å². The Morgan fingerprint density at radius 3 is 2.50 bits per heavy atom. The fraction of sp³-hybridized carbons (Fsp3) is 0.647. The van der Waals surface area contributed by atoms with Gasteiger partial charge in [-0.15, -0.1) is 0 Å². The Morgan fingerprint density at radius 1 is 1.25 bits per heavy atom. The average Bonchev–Trinajstić information content (AvgIpc) is 2.48. The highest BCUT2D eigenvalue weighted by Gasteiger charge is 2.21. The number of benzene rings is 1. The Bertz CT molecular complexity index is 384. The van der Waals surface area contributed by atoms with E-state index in [-0.39, 0.29) is 5.82 Å². The van der Waals surface area contributed by atoms with E-state index in [0.717, 1.165) is 38.5 Å². The Kier molecular flexibility index (Phi) is 5.99. The van der Waals surface area contributed by atoms with Crippen molar-refractivity contribution in [1.29, 1.82) is 0 Å². The van der Waals surface area contributed by atoms with Crippen LogP contribution in [0.5, 0.6) is 0 Å². The molecule has 1 saturated heterocycles. The van der Waals surface area contributed by atoms with Crippen molar-refractivity contribution < 1.29 is 4.39 Å². The number of rotatable bonds is 6. The zero-order valence-electron chi connectivity index (χ0n) is 12.7. The summed E-state index contributed by atoms with van der Waals surface area (Å²) in [6, 6.07) is 7.35. The molecule has 0 aliphatic carbocycles. The Labute approximate surface area is 122 Å². The molecule has 2 nitrogen and oxygen atoms in total. The van der Waals surface area contributed by atoms with Crippen molar-refractivity contribution in [1.82, 2.24) is 10.2 Å². The number of hydrogen-bond donors (Lipinski definition) is 1.